The molecule has 1 aromatic carbocycles. The van der Waals surface area contributed by atoms with Crippen molar-refractivity contribution in [3.8, 4) is 0 Å². The molecule has 2 unspecified atom stereocenters. The molecule has 2 atom stereocenters. The Hall–Kier alpha value is -1.65. The van der Waals surface area contributed by atoms with Gasteiger partial charge in [0.05, 0.1) is 11.3 Å². The summed E-state index contributed by atoms with van der Waals surface area (Å²) in [6.07, 6.45) is 4.00. The van der Waals surface area contributed by atoms with Crippen LogP contribution in [0.5, 0.6) is 0 Å². The number of carbonyl (C=O) groups is 1. The number of carbonyl (C=O) groups excluding carboxylic acids is 1. The predicted octanol–water partition coefficient (Wildman–Crippen LogP) is 2.86. The van der Waals surface area contributed by atoms with Gasteiger partial charge in [0.25, 0.3) is 5.91 Å². The summed E-state index contributed by atoms with van der Waals surface area (Å²) in [7, 11) is 0. The van der Waals surface area contributed by atoms with E-state index in [1.165, 1.54) is 0 Å². The Labute approximate surface area is 111 Å². The molecule has 0 radical (unpaired) electrons. The zero-order chi connectivity index (χ0) is 14.0. The van der Waals surface area contributed by atoms with E-state index in [1.54, 1.807) is 0 Å². The number of rotatable bonds is 2. The summed E-state index contributed by atoms with van der Waals surface area (Å²) in [6, 6.07) is 1.75. The van der Waals surface area contributed by atoms with E-state index in [-0.39, 0.29) is 17.3 Å². The van der Waals surface area contributed by atoms with Crippen LogP contribution in [0.1, 0.15) is 43.0 Å². The third-order valence-electron chi connectivity index (χ3n) is 3.60. The van der Waals surface area contributed by atoms with E-state index < -0.39 is 17.5 Å². The Bertz CT molecular complexity index is 491. The van der Waals surface area contributed by atoms with Crippen LogP contribution in [0.25, 0.3) is 0 Å². The van der Waals surface area contributed by atoms with Crippen molar-refractivity contribution in [1.82, 2.24) is 5.32 Å². The Morgan fingerprint density at radius 3 is 2.74 bits per heavy atom. The fourth-order valence-electron chi connectivity index (χ4n) is 2.57. The fraction of sp³-hybridized carbons (Fsp3) is 0.500. The highest BCUT2D eigenvalue weighted by Crippen LogP contribution is 2.24. The third kappa shape index (κ3) is 3.22. The van der Waals surface area contributed by atoms with Gasteiger partial charge in [-0.15, -0.1) is 0 Å². The highest BCUT2D eigenvalue weighted by molar-refractivity contribution is 5.95. The first-order valence-electron chi connectivity index (χ1n) is 6.52. The van der Waals surface area contributed by atoms with Gasteiger partial charge in [0.15, 0.2) is 0 Å². The lowest BCUT2D eigenvalue weighted by Crippen LogP contribution is -2.38. The summed E-state index contributed by atoms with van der Waals surface area (Å²) in [5.74, 6) is -1.70. The Morgan fingerprint density at radius 2 is 2.05 bits per heavy atom. The summed E-state index contributed by atoms with van der Waals surface area (Å²) in [5, 5.41) is 2.80. The van der Waals surface area contributed by atoms with E-state index in [0.717, 1.165) is 31.7 Å². The van der Waals surface area contributed by atoms with Crippen molar-refractivity contribution in [2.24, 2.45) is 5.92 Å². The normalized spacial score (nSPS) is 23.1. The van der Waals surface area contributed by atoms with Gasteiger partial charge in [-0.25, -0.2) is 8.78 Å². The molecule has 1 amide bonds. The van der Waals surface area contributed by atoms with Crippen LogP contribution in [-0.2, 0) is 0 Å². The minimum absolute atomic E-state index is 0.0573. The van der Waals surface area contributed by atoms with E-state index >= 15 is 0 Å². The molecular formula is C14H18F2N2O. The molecule has 5 heteroatoms. The zero-order valence-corrected chi connectivity index (χ0v) is 10.9. The Morgan fingerprint density at radius 1 is 1.32 bits per heavy atom. The van der Waals surface area contributed by atoms with Gasteiger partial charge in [-0.05, 0) is 24.8 Å². The molecule has 1 aromatic rings. The summed E-state index contributed by atoms with van der Waals surface area (Å²) in [4.78, 5) is 12.0. The molecule has 1 saturated carbocycles. The maximum atomic E-state index is 13.6. The van der Waals surface area contributed by atoms with Gasteiger partial charge in [0, 0.05) is 12.1 Å². The van der Waals surface area contributed by atoms with Crippen molar-refractivity contribution in [3.63, 3.8) is 0 Å². The standard InChI is InChI=1S/C14H18F2N2O/c1-8-3-2-4-9(5-8)18-14(19)10-6-13(17)12(16)7-11(10)15/h6-9H,2-5,17H2,1H3,(H,18,19). The van der Waals surface area contributed by atoms with Crippen molar-refractivity contribution in [2.75, 3.05) is 5.73 Å². The second kappa shape index (κ2) is 5.55. The number of anilines is 1. The van der Waals surface area contributed by atoms with Crippen LogP contribution >= 0.6 is 0 Å². The topological polar surface area (TPSA) is 55.1 Å². The molecule has 19 heavy (non-hydrogen) atoms. The summed E-state index contributed by atoms with van der Waals surface area (Å²) in [5.41, 5.74) is 4.94. The maximum Gasteiger partial charge on any atom is 0.254 e. The third-order valence-corrected chi connectivity index (χ3v) is 3.60. The summed E-state index contributed by atoms with van der Waals surface area (Å²) in [6.45, 7) is 2.13. The summed E-state index contributed by atoms with van der Waals surface area (Å²) >= 11 is 0. The monoisotopic (exact) mass is 268 g/mol. The van der Waals surface area contributed by atoms with E-state index in [2.05, 4.69) is 12.2 Å². The van der Waals surface area contributed by atoms with Crippen LogP contribution in [0.15, 0.2) is 12.1 Å². The molecule has 0 aromatic heterocycles. The molecule has 1 aliphatic carbocycles. The van der Waals surface area contributed by atoms with Crippen molar-refractivity contribution >= 4 is 11.6 Å². The molecule has 0 spiro atoms. The highest BCUT2D eigenvalue weighted by Gasteiger charge is 2.22. The maximum absolute atomic E-state index is 13.6. The first kappa shape index (κ1) is 13.8. The molecular weight excluding hydrogens is 250 g/mol. The van der Waals surface area contributed by atoms with Gasteiger partial charge in [-0.2, -0.15) is 0 Å². The van der Waals surface area contributed by atoms with Gasteiger partial charge < -0.3 is 11.1 Å². The smallest absolute Gasteiger partial charge is 0.254 e. The molecule has 0 aliphatic heterocycles. The van der Waals surface area contributed by atoms with E-state index in [9.17, 15) is 13.6 Å². The first-order valence-corrected chi connectivity index (χ1v) is 6.52. The second-order valence-electron chi connectivity index (χ2n) is 5.30. The SMILES string of the molecule is CC1CCCC(NC(=O)c2cc(N)c(F)cc2F)C1. The minimum Gasteiger partial charge on any atom is -0.396 e. The van der Waals surface area contributed by atoms with E-state index in [1.807, 2.05) is 0 Å². The number of nitrogens with two attached hydrogens (primary N) is 1. The number of benzene rings is 1. The molecule has 2 rings (SSSR count). The van der Waals surface area contributed by atoms with E-state index in [0.29, 0.717) is 12.0 Å². The first-order chi connectivity index (χ1) is 8.97. The molecule has 104 valence electrons. The van der Waals surface area contributed by atoms with Gasteiger partial charge >= 0.3 is 0 Å². The number of hydrogen-bond donors (Lipinski definition) is 2. The van der Waals surface area contributed by atoms with Crippen LogP contribution in [0.3, 0.4) is 0 Å². The average molecular weight is 268 g/mol. The van der Waals surface area contributed by atoms with Gasteiger partial charge in [-0.3, -0.25) is 4.79 Å². The molecule has 1 aliphatic rings. The molecule has 0 bridgehead atoms. The lowest BCUT2D eigenvalue weighted by atomic mass is 9.87. The van der Waals surface area contributed by atoms with Crippen molar-refractivity contribution in [1.29, 1.82) is 0 Å². The summed E-state index contributed by atoms with van der Waals surface area (Å²) < 4.78 is 26.6. The lowest BCUT2D eigenvalue weighted by molar-refractivity contribution is 0.0917. The van der Waals surface area contributed by atoms with Gasteiger partial charge in [-0.1, -0.05) is 19.8 Å². The predicted molar refractivity (Wildman–Crippen MR) is 69.7 cm³/mol. The zero-order valence-electron chi connectivity index (χ0n) is 10.9. The molecule has 0 saturated heterocycles. The van der Waals surface area contributed by atoms with Crippen molar-refractivity contribution in [2.45, 2.75) is 38.6 Å². The number of hydrogen-bond acceptors (Lipinski definition) is 2. The van der Waals surface area contributed by atoms with Crippen molar-refractivity contribution in [3.05, 3.63) is 29.3 Å². The minimum atomic E-state index is -0.881. The largest absolute Gasteiger partial charge is 0.396 e. The number of nitrogens with one attached hydrogen (secondary N) is 1. The van der Waals surface area contributed by atoms with Crippen LogP contribution in [0.4, 0.5) is 14.5 Å². The molecule has 0 heterocycles. The van der Waals surface area contributed by atoms with Crippen LogP contribution in [0, 0.1) is 17.6 Å². The second-order valence-corrected chi connectivity index (χ2v) is 5.30. The van der Waals surface area contributed by atoms with Gasteiger partial charge in [0.2, 0.25) is 0 Å². The lowest BCUT2D eigenvalue weighted by Gasteiger charge is -2.27. The molecule has 3 nitrogen and oxygen atoms in total. The van der Waals surface area contributed by atoms with Gasteiger partial charge in [0.1, 0.15) is 11.6 Å². The number of nitrogen functional groups attached to an aromatic ring is 1. The van der Waals surface area contributed by atoms with Crippen molar-refractivity contribution < 1.29 is 13.6 Å². The molecule has 1 fully saturated rings. The van der Waals surface area contributed by atoms with E-state index in [4.69, 9.17) is 5.73 Å². The Kier molecular flexibility index (Phi) is 4.02. The Balaban J connectivity index is 2.09. The fourth-order valence-corrected chi connectivity index (χ4v) is 2.57. The van der Waals surface area contributed by atoms with Crippen LogP contribution in [-0.4, -0.2) is 11.9 Å². The number of amides is 1. The quantitative estimate of drug-likeness (QED) is 0.810. The average Bonchev–Trinajstić information content (AvgIpc) is 2.33. The number of halogens is 2. The highest BCUT2D eigenvalue weighted by atomic mass is 19.1. The van der Waals surface area contributed by atoms with Crippen LogP contribution < -0.4 is 11.1 Å². The molecule has 3 N–H and O–H groups in total. The van der Waals surface area contributed by atoms with Crippen LogP contribution in [0.2, 0.25) is 0 Å².